The summed E-state index contributed by atoms with van der Waals surface area (Å²) in [5, 5.41) is 2.01. The monoisotopic (exact) mass is 333 g/mol. The predicted octanol–water partition coefficient (Wildman–Crippen LogP) is 2.55. The Morgan fingerprint density at radius 2 is 1.95 bits per heavy atom. The number of sulfonamides is 1. The molecule has 0 aliphatic carbocycles. The van der Waals surface area contributed by atoms with Crippen LogP contribution in [0.4, 0.5) is 5.13 Å². The summed E-state index contributed by atoms with van der Waals surface area (Å²) in [6.45, 7) is 0. The van der Waals surface area contributed by atoms with E-state index in [1.54, 1.807) is 40.4 Å². The molecule has 0 spiro atoms. The standard InChI is InChI=1S/C14H11N3O3S2/c18-10-12-2-1-8-17(12)11-3-5-13(6-4-11)22(19,20)16-14-15-7-9-21-14/h1-10H,(H,15,16). The third kappa shape index (κ3) is 2.78. The molecule has 0 bridgehead atoms. The van der Waals surface area contributed by atoms with Gasteiger partial charge in [-0.3, -0.25) is 9.52 Å². The topological polar surface area (TPSA) is 81.1 Å². The second-order valence-corrected chi connectivity index (χ2v) is 6.93. The second-order valence-electron chi connectivity index (χ2n) is 4.36. The summed E-state index contributed by atoms with van der Waals surface area (Å²) in [5.41, 5.74) is 1.21. The van der Waals surface area contributed by atoms with Crippen LogP contribution in [-0.2, 0) is 10.0 Å². The first-order valence-electron chi connectivity index (χ1n) is 6.25. The zero-order chi connectivity index (χ0) is 15.6. The van der Waals surface area contributed by atoms with Crippen molar-refractivity contribution in [3.63, 3.8) is 0 Å². The molecule has 0 atom stereocenters. The third-order valence-corrected chi connectivity index (χ3v) is 5.15. The van der Waals surface area contributed by atoms with Gasteiger partial charge in [0.05, 0.1) is 10.6 Å². The van der Waals surface area contributed by atoms with Crippen LogP contribution in [0.2, 0.25) is 0 Å². The Morgan fingerprint density at radius 3 is 2.59 bits per heavy atom. The van der Waals surface area contributed by atoms with Crippen LogP contribution in [0.15, 0.2) is 59.1 Å². The van der Waals surface area contributed by atoms with Gasteiger partial charge in [-0.1, -0.05) is 0 Å². The summed E-state index contributed by atoms with van der Waals surface area (Å²) < 4.78 is 28.5. The number of nitrogens with zero attached hydrogens (tertiary/aromatic N) is 2. The second kappa shape index (κ2) is 5.74. The van der Waals surface area contributed by atoms with Crippen molar-refractivity contribution in [2.24, 2.45) is 0 Å². The molecule has 3 rings (SSSR count). The zero-order valence-corrected chi connectivity index (χ0v) is 12.8. The minimum absolute atomic E-state index is 0.131. The highest BCUT2D eigenvalue weighted by atomic mass is 32.2. The number of hydrogen-bond acceptors (Lipinski definition) is 5. The Bertz CT molecular complexity index is 882. The van der Waals surface area contributed by atoms with Crippen LogP contribution >= 0.6 is 11.3 Å². The van der Waals surface area contributed by atoms with E-state index in [1.165, 1.54) is 29.7 Å². The van der Waals surface area contributed by atoms with Crippen molar-refractivity contribution in [2.45, 2.75) is 4.90 Å². The lowest BCUT2D eigenvalue weighted by Crippen LogP contribution is -2.12. The van der Waals surface area contributed by atoms with E-state index >= 15 is 0 Å². The molecule has 3 aromatic rings. The number of aldehydes is 1. The lowest BCUT2D eigenvalue weighted by molar-refractivity contribution is 0.111. The summed E-state index contributed by atoms with van der Waals surface area (Å²) in [4.78, 5) is 15.0. The first-order valence-corrected chi connectivity index (χ1v) is 8.62. The Kier molecular flexibility index (Phi) is 3.78. The average molecular weight is 333 g/mol. The first-order chi connectivity index (χ1) is 10.6. The van der Waals surface area contributed by atoms with Crippen LogP contribution in [0.5, 0.6) is 0 Å². The number of aromatic nitrogens is 2. The molecule has 0 fully saturated rings. The summed E-state index contributed by atoms with van der Waals surface area (Å²) in [5.74, 6) is 0. The van der Waals surface area contributed by atoms with Gasteiger partial charge in [-0.15, -0.1) is 11.3 Å². The van der Waals surface area contributed by atoms with E-state index in [9.17, 15) is 13.2 Å². The van der Waals surface area contributed by atoms with Crippen LogP contribution in [0.25, 0.3) is 5.69 Å². The summed E-state index contributed by atoms with van der Waals surface area (Å²) in [6.07, 6.45) is 4.01. The quantitative estimate of drug-likeness (QED) is 0.728. The van der Waals surface area contributed by atoms with Crippen molar-refractivity contribution in [1.82, 2.24) is 9.55 Å². The van der Waals surface area contributed by atoms with Crippen LogP contribution in [-0.4, -0.2) is 24.3 Å². The Balaban J connectivity index is 1.89. The van der Waals surface area contributed by atoms with Crippen molar-refractivity contribution in [3.8, 4) is 5.69 Å². The van der Waals surface area contributed by atoms with Crippen molar-refractivity contribution in [3.05, 3.63) is 59.9 Å². The molecular formula is C14H11N3O3S2. The normalized spacial score (nSPS) is 11.3. The summed E-state index contributed by atoms with van der Waals surface area (Å²) in [6, 6.07) is 9.69. The number of carbonyl (C=O) groups excluding carboxylic acids is 1. The number of carbonyl (C=O) groups is 1. The number of benzene rings is 1. The van der Waals surface area contributed by atoms with E-state index in [4.69, 9.17) is 0 Å². The van der Waals surface area contributed by atoms with E-state index in [-0.39, 0.29) is 4.90 Å². The average Bonchev–Trinajstić information content (AvgIpc) is 3.17. The van der Waals surface area contributed by atoms with E-state index < -0.39 is 10.0 Å². The van der Waals surface area contributed by atoms with Gasteiger partial charge >= 0.3 is 0 Å². The number of thiazole rings is 1. The predicted molar refractivity (Wildman–Crippen MR) is 84.1 cm³/mol. The maximum atomic E-state index is 12.2. The SMILES string of the molecule is O=Cc1cccn1-c1ccc(S(=O)(=O)Nc2nccs2)cc1. The largest absolute Gasteiger partial charge is 0.314 e. The fraction of sp³-hybridized carbons (Fsp3) is 0. The van der Waals surface area contributed by atoms with E-state index in [1.807, 2.05) is 0 Å². The van der Waals surface area contributed by atoms with E-state index in [2.05, 4.69) is 9.71 Å². The molecule has 0 radical (unpaired) electrons. The number of rotatable bonds is 5. The van der Waals surface area contributed by atoms with Crippen LogP contribution < -0.4 is 4.72 Å². The lowest BCUT2D eigenvalue weighted by atomic mass is 10.3. The van der Waals surface area contributed by atoms with Crippen molar-refractivity contribution in [1.29, 1.82) is 0 Å². The first kappa shape index (κ1) is 14.5. The summed E-state index contributed by atoms with van der Waals surface area (Å²) >= 11 is 1.21. The van der Waals surface area contributed by atoms with Gasteiger partial charge in [-0.05, 0) is 36.4 Å². The molecule has 112 valence electrons. The van der Waals surface area contributed by atoms with Gasteiger partial charge in [0.1, 0.15) is 0 Å². The molecule has 1 aromatic carbocycles. The molecule has 0 amide bonds. The van der Waals surface area contributed by atoms with Gasteiger partial charge in [0, 0.05) is 23.5 Å². The van der Waals surface area contributed by atoms with E-state index in [0.717, 1.165) is 6.29 Å². The lowest BCUT2D eigenvalue weighted by Gasteiger charge is -2.08. The third-order valence-electron chi connectivity index (χ3n) is 2.98. The van der Waals surface area contributed by atoms with Crippen molar-refractivity contribution in [2.75, 3.05) is 4.72 Å². The molecule has 8 heteroatoms. The number of nitrogens with one attached hydrogen (secondary N) is 1. The highest BCUT2D eigenvalue weighted by Crippen LogP contribution is 2.20. The van der Waals surface area contributed by atoms with Crippen LogP contribution in [0.3, 0.4) is 0 Å². The Labute approximate surface area is 131 Å². The van der Waals surface area contributed by atoms with Gasteiger partial charge in [0.25, 0.3) is 10.0 Å². The molecule has 0 aliphatic heterocycles. The van der Waals surface area contributed by atoms with Gasteiger partial charge in [0.2, 0.25) is 0 Å². The minimum Gasteiger partial charge on any atom is -0.314 e. The summed E-state index contributed by atoms with van der Waals surface area (Å²) in [7, 11) is -3.67. The fourth-order valence-electron chi connectivity index (χ4n) is 1.96. The van der Waals surface area contributed by atoms with Gasteiger partial charge < -0.3 is 4.57 Å². The molecule has 22 heavy (non-hydrogen) atoms. The number of anilines is 1. The molecule has 2 aromatic heterocycles. The van der Waals surface area contributed by atoms with Crippen LogP contribution in [0.1, 0.15) is 10.5 Å². The van der Waals surface area contributed by atoms with Gasteiger partial charge in [-0.2, -0.15) is 0 Å². The molecule has 6 nitrogen and oxygen atoms in total. The van der Waals surface area contributed by atoms with Gasteiger partial charge in [-0.25, -0.2) is 13.4 Å². The maximum Gasteiger partial charge on any atom is 0.263 e. The Morgan fingerprint density at radius 1 is 1.18 bits per heavy atom. The van der Waals surface area contributed by atoms with Crippen molar-refractivity contribution < 1.29 is 13.2 Å². The molecule has 1 N–H and O–H groups in total. The molecular weight excluding hydrogens is 322 g/mol. The molecule has 0 saturated heterocycles. The van der Waals surface area contributed by atoms with E-state index in [0.29, 0.717) is 16.5 Å². The highest BCUT2D eigenvalue weighted by molar-refractivity contribution is 7.93. The molecule has 2 heterocycles. The number of hydrogen-bond donors (Lipinski definition) is 1. The zero-order valence-electron chi connectivity index (χ0n) is 11.2. The highest BCUT2D eigenvalue weighted by Gasteiger charge is 2.15. The minimum atomic E-state index is -3.67. The smallest absolute Gasteiger partial charge is 0.263 e. The fourth-order valence-corrected chi connectivity index (χ4v) is 3.75. The van der Waals surface area contributed by atoms with Crippen LogP contribution in [0, 0.1) is 0 Å². The van der Waals surface area contributed by atoms with Crippen molar-refractivity contribution >= 4 is 32.8 Å². The molecule has 0 aliphatic rings. The Hall–Kier alpha value is -2.45. The molecule has 0 unspecified atom stereocenters. The van der Waals surface area contributed by atoms with Gasteiger partial charge in [0.15, 0.2) is 11.4 Å². The molecule has 0 saturated carbocycles. The maximum absolute atomic E-state index is 12.2.